The van der Waals surface area contributed by atoms with Crippen LogP contribution in [0.2, 0.25) is 0 Å². The molecule has 182 valence electrons. The number of nitrogens with zero attached hydrogens (tertiary/aromatic N) is 3. The molecule has 5 rings (SSSR count). The summed E-state index contributed by atoms with van der Waals surface area (Å²) < 4.78 is 40.2. The lowest BCUT2D eigenvalue weighted by Crippen LogP contribution is -2.62. The van der Waals surface area contributed by atoms with E-state index in [1.165, 1.54) is 44.2 Å². The van der Waals surface area contributed by atoms with Crippen LogP contribution in [0.1, 0.15) is 48.8 Å². The Hall–Kier alpha value is -2.61. The third kappa shape index (κ3) is 4.78. The van der Waals surface area contributed by atoms with Gasteiger partial charge in [-0.25, -0.2) is 0 Å². The smallest absolute Gasteiger partial charge is 0.365 e. The molecule has 1 amide bonds. The van der Waals surface area contributed by atoms with Crippen LogP contribution in [0.3, 0.4) is 0 Å². The first-order chi connectivity index (χ1) is 16.4. The number of aromatic nitrogens is 1. The van der Waals surface area contributed by atoms with Gasteiger partial charge in [0, 0.05) is 50.3 Å². The SMILES string of the molecule is O=C(NCc1cccnc1)C1Cc2cc(C(F)(F)F)ccc2N2CCN(C3CCCCC3)CC12. The molecule has 2 aromatic rings. The summed E-state index contributed by atoms with van der Waals surface area (Å²) in [4.78, 5) is 22.2. The molecule has 2 atom stereocenters. The Morgan fingerprint density at radius 3 is 2.68 bits per heavy atom. The van der Waals surface area contributed by atoms with Crippen molar-refractivity contribution in [2.75, 3.05) is 24.5 Å². The van der Waals surface area contributed by atoms with Crippen LogP contribution < -0.4 is 10.2 Å². The molecular formula is C26H31F3N4O. The van der Waals surface area contributed by atoms with Crippen molar-refractivity contribution in [2.45, 2.75) is 63.3 Å². The quantitative estimate of drug-likeness (QED) is 0.716. The van der Waals surface area contributed by atoms with Crippen LogP contribution in [0.15, 0.2) is 42.7 Å². The van der Waals surface area contributed by atoms with Crippen molar-refractivity contribution in [1.82, 2.24) is 15.2 Å². The maximum absolute atomic E-state index is 13.4. The van der Waals surface area contributed by atoms with Crippen molar-refractivity contribution in [1.29, 1.82) is 0 Å². The molecule has 1 N–H and O–H groups in total. The number of carbonyl (C=O) groups is 1. The molecule has 1 aromatic carbocycles. The molecule has 0 spiro atoms. The first kappa shape index (κ1) is 23.1. The lowest BCUT2D eigenvalue weighted by molar-refractivity contribution is -0.137. The van der Waals surface area contributed by atoms with Gasteiger partial charge in [-0.3, -0.25) is 14.7 Å². The third-order valence-corrected chi connectivity index (χ3v) is 7.69. The van der Waals surface area contributed by atoms with E-state index in [0.29, 0.717) is 24.6 Å². The Bertz CT molecular complexity index is 1010. The van der Waals surface area contributed by atoms with Gasteiger partial charge in [0.1, 0.15) is 0 Å². The topological polar surface area (TPSA) is 48.5 Å². The number of piperazine rings is 1. The van der Waals surface area contributed by atoms with Crippen LogP contribution in [-0.4, -0.2) is 47.5 Å². The van der Waals surface area contributed by atoms with E-state index >= 15 is 0 Å². The highest BCUT2D eigenvalue weighted by molar-refractivity contribution is 5.82. The monoisotopic (exact) mass is 472 g/mol. The number of hydrogen-bond acceptors (Lipinski definition) is 4. The number of alkyl halides is 3. The molecule has 5 nitrogen and oxygen atoms in total. The number of benzene rings is 1. The molecule has 1 saturated carbocycles. The van der Waals surface area contributed by atoms with Gasteiger partial charge >= 0.3 is 6.18 Å². The summed E-state index contributed by atoms with van der Waals surface area (Å²) in [6, 6.07) is 8.23. The average molecular weight is 473 g/mol. The second kappa shape index (κ2) is 9.56. The summed E-state index contributed by atoms with van der Waals surface area (Å²) in [7, 11) is 0. The summed E-state index contributed by atoms with van der Waals surface area (Å²) in [5.74, 6) is -0.508. The highest BCUT2D eigenvalue weighted by atomic mass is 19.4. The van der Waals surface area contributed by atoms with E-state index in [1.807, 2.05) is 12.1 Å². The van der Waals surface area contributed by atoms with Gasteiger partial charge in [-0.1, -0.05) is 25.3 Å². The van der Waals surface area contributed by atoms with Gasteiger partial charge in [0.25, 0.3) is 0 Å². The Morgan fingerprint density at radius 2 is 1.94 bits per heavy atom. The number of carbonyl (C=O) groups excluding carboxylic acids is 1. The Labute approximate surface area is 198 Å². The van der Waals surface area contributed by atoms with E-state index in [1.54, 1.807) is 18.5 Å². The van der Waals surface area contributed by atoms with Gasteiger partial charge in [-0.2, -0.15) is 13.2 Å². The average Bonchev–Trinajstić information content (AvgIpc) is 2.86. The molecule has 0 bridgehead atoms. The number of anilines is 1. The highest BCUT2D eigenvalue weighted by Gasteiger charge is 2.43. The first-order valence-electron chi connectivity index (χ1n) is 12.3. The van der Waals surface area contributed by atoms with Crippen molar-refractivity contribution in [2.24, 2.45) is 5.92 Å². The van der Waals surface area contributed by atoms with E-state index < -0.39 is 17.7 Å². The van der Waals surface area contributed by atoms with Gasteiger partial charge in [0.15, 0.2) is 0 Å². The van der Waals surface area contributed by atoms with Crippen molar-refractivity contribution in [3.8, 4) is 0 Å². The normalized spacial score (nSPS) is 23.8. The summed E-state index contributed by atoms with van der Waals surface area (Å²) in [6.45, 7) is 2.74. The number of halogens is 3. The van der Waals surface area contributed by atoms with Crippen LogP contribution >= 0.6 is 0 Å². The molecule has 2 aliphatic heterocycles. The standard InChI is InChI=1S/C26H31F3N4O/c27-26(28,29)20-8-9-23-19(13-20)14-22(25(34)31-16-18-5-4-10-30-15-18)24-17-32(11-12-33(23)24)21-6-2-1-3-7-21/h4-5,8-10,13,15,21-22,24H,1-3,6-7,11-12,14,16-17H2,(H,31,34). The van der Waals surface area contributed by atoms with Gasteiger partial charge in [0.2, 0.25) is 5.91 Å². The molecule has 2 fully saturated rings. The fourth-order valence-electron chi connectivity index (χ4n) is 5.92. The number of hydrogen-bond donors (Lipinski definition) is 1. The summed E-state index contributed by atoms with van der Waals surface area (Å²) in [5.41, 5.74) is 1.70. The molecule has 1 saturated heterocycles. The minimum Gasteiger partial charge on any atom is -0.365 e. The summed E-state index contributed by atoms with van der Waals surface area (Å²) >= 11 is 0. The fraction of sp³-hybridized carbons (Fsp3) is 0.538. The Kier molecular flexibility index (Phi) is 6.51. The third-order valence-electron chi connectivity index (χ3n) is 7.69. The molecule has 2 unspecified atom stereocenters. The maximum atomic E-state index is 13.4. The molecule has 0 radical (unpaired) electrons. The number of fused-ring (bicyclic) bond motifs is 3. The van der Waals surface area contributed by atoms with Crippen molar-refractivity contribution < 1.29 is 18.0 Å². The van der Waals surface area contributed by atoms with Crippen LogP contribution in [0, 0.1) is 5.92 Å². The molecule has 34 heavy (non-hydrogen) atoms. The van der Waals surface area contributed by atoms with Gasteiger partial charge in [-0.15, -0.1) is 0 Å². The van der Waals surface area contributed by atoms with E-state index in [-0.39, 0.29) is 11.9 Å². The van der Waals surface area contributed by atoms with E-state index in [0.717, 1.165) is 30.9 Å². The van der Waals surface area contributed by atoms with Crippen molar-refractivity contribution in [3.63, 3.8) is 0 Å². The predicted molar refractivity (Wildman–Crippen MR) is 124 cm³/mol. The summed E-state index contributed by atoms with van der Waals surface area (Å²) in [6.07, 6.45) is 5.47. The number of nitrogens with one attached hydrogen (secondary N) is 1. The van der Waals surface area contributed by atoms with E-state index in [2.05, 4.69) is 20.1 Å². The van der Waals surface area contributed by atoms with Crippen LogP contribution in [-0.2, 0) is 23.9 Å². The zero-order chi connectivity index (χ0) is 23.7. The van der Waals surface area contributed by atoms with Gasteiger partial charge in [0.05, 0.1) is 17.5 Å². The van der Waals surface area contributed by atoms with Gasteiger partial charge in [-0.05, 0) is 54.7 Å². The van der Waals surface area contributed by atoms with E-state index in [9.17, 15) is 18.0 Å². The molecule has 3 aliphatic rings. The second-order valence-electron chi connectivity index (χ2n) is 9.78. The molecule has 1 aliphatic carbocycles. The Morgan fingerprint density at radius 1 is 1.12 bits per heavy atom. The van der Waals surface area contributed by atoms with Crippen molar-refractivity contribution in [3.05, 3.63) is 59.4 Å². The van der Waals surface area contributed by atoms with Gasteiger partial charge < -0.3 is 10.2 Å². The maximum Gasteiger partial charge on any atom is 0.416 e. The zero-order valence-electron chi connectivity index (χ0n) is 19.2. The zero-order valence-corrected chi connectivity index (χ0v) is 19.2. The molecule has 1 aromatic heterocycles. The summed E-state index contributed by atoms with van der Waals surface area (Å²) in [5, 5.41) is 3.03. The molecule has 3 heterocycles. The van der Waals surface area contributed by atoms with Crippen LogP contribution in [0.25, 0.3) is 0 Å². The second-order valence-corrected chi connectivity index (χ2v) is 9.78. The molecular weight excluding hydrogens is 441 g/mol. The minimum absolute atomic E-state index is 0.0474. The first-order valence-corrected chi connectivity index (χ1v) is 12.3. The Balaban J connectivity index is 1.41. The lowest BCUT2D eigenvalue weighted by atomic mass is 9.82. The lowest BCUT2D eigenvalue weighted by Gasteiger charge is -2.51. The number of amides is 1. The largest absolute Gasteiger partial charge is 0.416 e. The fourth-order valence-corrected chi connectivity index (χ4v) is 5.92. The molecule has 8 heteroatoms. The van der Waals surface area contributed by atoms with Crippen molar-refractivity contribution >= 4 is 11.6 Å². The van der Waals surface area contributed by atoms with Crippen LogP contribution in [0.5, 0.6) is 0 Å². The number of pyridine rings is 1. The number of rotatable bonds is 4. The predicted octanol–water partition coefficient (Wildman–Crippen LogP) is 4.41. The van der Waals surface area contributed by atoms with E-state index in [4.69, 9.17) is 0 Å². The van der Waals surface area contributed by atoms with Crippen LogP contribution in [0.4, 0.5) is 18.9 Å². The minimum atomic E-state index is -4.40. The highest BCUT2D eigenvalue weighted by Crippen LogP contribution is 2.40.